The number of nitrogens with one attached hydrogen (secondary N) is 3. The van der Waals surface area contributed by atoms with Crippen LogP contribution >= 0.6 is 21.6 Å². The van der Waals surface area contributed by atoms with E-state index in [-0.39, 0.29) is 28.5 Å². The molecule has 0 amide bonds. The largest absolute Gasteiger partial charge is 0.504 e. The number of allylic oxidation sites excluding steroid dienone is 1. The molecule has 8 nitrogen and oxygen atoms in total. The minimum atomic E-state index is -0.216. The van der Waals surface area contributed by atoms with Gasteiger partial charge in [-0.05, 0) is 66.1 Å². The number of pyridine rings is 1. The smallest absolute Gasteiger partial charge is 0.163 e. The number of rotatable bonds is 4. The fourth-order valence-electron chi connectivity index (χ4n) is 5.68. The van der Waals surface area contributed by atoms with E-state index in [1.54, 1.807) is 18.2 Å². The SMILES string of the molecule is CC[C@@H]1CCC(=O)CC(=O)/C=C/c2cc(OC)c(O)cc2Cc2cnc3c(c2)[C@@](C[NH+]2C=CNC2)(CCN3)SSC1. The minimum Gasteiger partial charge on any atom is -0.504 e. The van der Waals surface area contributed by atoms with Crippen LogP contribution in [-0.4, -0.2) is 54.3 Å². The van der Waals surface area contributed by atoms with Crippen LogP contribution < -0.4 is 20.3 Å². The van der Waals surface area contributed by atoms with Crippen molar-refractivity contribution in [3.05, 3.63) is 65.1 Å². The average Bonchev–Trinajstić information content (AvgIpc) is 3.47. The molecule has 0 aliphatic carbocycles. The lowest BCUT2D eigenvalue weighted by Gasteiger charge is -2.38. The normalized spacial score (nSPS) is 25.8. The van der Waals surface area contributed by atoms with Crippen LogP contribution in [0.1, 0.15) is 61.3 Å². The molecule has 1 unspecified atom stereocenters. The number of carbonyl (C=O) groups excluding carboxylic acids is 2. The zero-order chi connectivity index (χ0) is 28.8. The molecule has 218 valence electrons. The van der Waals surface area contributed by atoms with E-state index in [1.165, 1.54) is 23.6 Å². The lowest BCUT2D eigenvalue weighted by molar-refractivity contribution is -0.845. The number of Topliss-reactive ketones (excluding diaryl/α,β-unsaturated/α-hetero) is 1. The van der Waals surface area contributed by atoms with Gasteiger partial charge in [-0.25, -0.2) is 4.98 Å². The van der Waals surface area contributed by atoms with Gasteiger partial charge >= 0.3 is 0 Å². The first-order valence-corrected chi connectivity index (χ1v) is 16.6. The fraction of sp³-hybridized carbons (Fsp3) is 0.452. The molecule has 5 rings (SSSR count). The number of quaternary nitrogens is 1. The third kappa shape index (κ3) is 7.10. The summed E-state index contributed by atoms with van der Waals surface area (Å²) in [4.78, 5) is 31.6. The van der Waals surface area contributed by atoms with Gasteiger partial charge in [0.15, 0.2) is 24.0 Å². The quantitative estimate of drug-likeness (QED) is 0.308. The summed E-state index contributed by atoms with van der Waals surface area (Å²) in [6.45, 7) is 4.84. The van der Waals surface area contributed by atoms with Crippen molar-refractivity contribution < 1.29 is 24.3 Å². The molecule has 3 atom stereocenters. The van der Waals surface area contributed by atoms with Crippen molar-refractivity contribution in [3.8, 4) is 11.5 Å². The summed E-state index contributed by atoms with van der Waals surface area (Å²) < 4.78 is 5.21. The minimum absolute atomic E-state index is 0.0159. The van der Waals surface area contributed by atoms with Gasteiger partial charge in [0.05, 0.1) is 19.7 Å². The molecule has 0 fully saturated rings. The number of ketones is 2. The van der Waals surface area contributed by atoms with E-state index in [2.05, 4.69) is 29.8 Å². The lowest BCUT2D eigenvalue weighted by Crippen LogP contribution is -3.09. The van der Waals surface area contributed by atoms with Crippen LogP contribution in [0.3, 0.4) is 0 Å². The van der Waals surface area contributed by atoms with Crippen LogP contribution in [0.15, 0.2) is 42.9 Å². The van der Waals surface area contributed by atoms with E-state index >= 15 is 0 Å². The zero-order valence-electron chi connectivity index (χ0n) is 23.7. The first-order valence-electron chi connectivity index (χ1n) is 14.3. The molecule has 3 aliphatic heterocycles. The highest BCUT2D eigenvalue weighted by Crippen LogP contribution is 2.50. The molecule has 4 N–H and O–H groups in total. The number of benzene rings is 1. The van der Waals surface area contributed by atoms with Crippen molar-refractivity contribution in [2.45, 2.75) is 50.2 Å². The summed E-state index contributed by atoms with van der Waals surface area (Å²) in [5.41, 5.74) is 3.85. The molecule has 3 aliphatic rings. The van der Waals surface area contributed by atoms with Gasteiger partial charge in [0.2, 0.25) is 0 Å². The second-order valence-corrected chi connectivity index (χ2v) is 13.8. The van der Waals surface area contributed by atoms with E-state index in [0.29, 0.717) is 24.5 Å². The number of carbonyl (C=O) groups is 2. The summed E-state index contributed by atoms with van der Waals surface area (Å²) in [6.07, 6.45) is 12.9. The van der Waals surface area contributed by atoms with Gasteiger partial charge in [-0.15, -0.1) is 0 Å². The summed E-state index contributed by atoms with van der Waals surface area (Å²) in [7, 11) is 5.35. The third-order valence-electron chi connectivity index (χ3n) is 8.12. The number of methoxy groups -OCH3 is 1. The second kappa shape index (κ2) is 13.4. The molecular weight excluding hydrogens is 556 g/mol. The van der Waals surface area contributed by atoms with E-state index in [4.69, 9.17) is 9.72 Å². The molecule has 1 aromatic carbocycles. The maximum atomic E-state index is 12.7. The van der Waals surface area contributed by atoms with Crippen LogP contribution in [0.4, 0.5) is 5.82 Å². The van der Waals surface area contributed by atoms with Crippen molar-refractivity contribution in [1.82, 2.24) is 10.3 Å². The van der Waals surface area contributed by atoms with Crippen LogP contribution in [0.2, 0.25) is 0 Å². The average molecular weight is 596 g/mol. The Morgan fingerprint density at radius 2 is 2.10 bits per heavy atom. The number of aromatic hydroxyl groups is 1. The molecule has 0 saturated heterocycles. The van der Waals surface area contributed by atoms with Crippen molar-refractivity contribution in [3.63, 3.8) is 0 Å². The number of phenolic OH excluding ortho intramolecular Hbond substituents is 1. The highest BCUT2D eigenvalue weighted by Gasteiger charge is 2.43. The predicted molar refractivity (Wildman–Crippen MR) is 166 cm³/mol. The summed E-state index contributed by atoms with van der Waals surface area (Å²) >= 11 is 0. The van der Waals surface area contributed by atoms with Gasteiger partial charge in [-0.1, -0.05) is 41.0 Å². The fourth-order valence-corrected chi connectivity index (χ4v) is 9.40. The molecule has 41 heavy (non-hydrogen) atoms. The highest BCUT2D eigenvalue weighted by atomic mass is 33.1. The zero-order valence-corrected chi connectivity index (χ0v) is 25.3. The van der Waals surface area contributed by atoms with Gasteiger partial charge in [0, 0.05) is 30.5 Å². The first kappa shape index (κ1) is 29.5. The van der Waals surface area contributed by atoms with Gasteiger partial charge in [0.25, 0.3) is 0 Å². The van der Waals surface area contributed by atoms with E-state index in [1.807, 2.05) is 34.0 Å². The Kier molecular flexibility index (Phi) is 9.62. The Morgan fingerprint density at radius 3 is 2.88 bits per heavy atom. The summed E-state index contributed by atoms with van der Waals surface area (Å²) in [5, 5.41) is 17.5. The Morgan fingerprint density at radius 1 is 1.22 bits per heavy atom. The second-order valence-electron chi connectivity index (χ2n) is 11.1. The van der Waals surface area contributed by atoms with E-state index in [0.717, 1.165) is 67.3 Å². The molecular formula is C31H39N4O4S2+. The molecule has 10 heteroatoms. The van der Waals surface area contributed by atoms with Crippen molar-refractivity contribution in [1.29, 1.82) is 0 Å². The lowest BCUT2D eigenvalue weighted by atomic mass is 9.89. The molecule has 0 spiro atoms. The van der Waals surface area contributed by atoms with Gasteiger partial charge in [0.1, 0.15) is 29.1 Å². The number of ether oxygens (including phenoxy) is 1. The summed E-state index contributed by atoms with van der Waals surface area (Å²) in [5.74, 6) is 2.44. The standard InChI is InChI=1S/C31H38N4O4S2/c1-3-21-4-6-25(36)16-26(37)7-5-23-15-29(39-2)28(38)14-24(23)12-22-13-27-30(34-17-22)33-9-8-31(27,41-40-18-21)19-35-11-10-32-20-35/h5,7,10-11,13-15,17,21,32,38H,3-4,6,8-9,12,16,18-20H2,1-2H3,(H,33,34)/p+1/b7-5+/t21-,31+/m1/s1. The maximum absolute atomic E-state index is 12.7. The molecule has 2 aromatic rings. The predicted octanol–water partition coefficient (Wildman–Crippen LogP) is 4.06. The number of hydrogen-bond acceptors (Lipinski definition) is 9. The van der Waals surface area contributed by atoms with E-state index in [9.17, 15) is 14.7 Å². The van der Waals surface area contributed by atoms with Gasteiger partial charge in [-0.2, -0.15) is 0 Å². The van der Waals surface area contributed by atoms with Crippen LogP contribution in [-0.2, 0) is 20.8 Å². The van der Waals surface area contributed by atoms with Gasteiger partial charge in [-0.3, -0.25) is 14.5 Å². The van der Waals surface area contributed by atoms with Crippen LogP contribution in [0.25, 0.3) is 6.08 Å². The monoisotopic (exact) mass is 595 g/mol. The maximum Gasteiger partial charge on any atom is 0.163 e. The number of anilines is 1. The van der Waals surface area contributed by atoms with Crippen molar-refractivity contribution >= 4 is 45.0 Å². The third-order valence-corrected chi connectivity index (χ3v) is 11.5. The number of nitrogens with zero attached hydrogens (tertiary/aromatic N) is 1. The van der Waals surface area contributed by atoms with E-state index < -0.39 is 0 Å². The van der Waals surface area contributed by atoms with Crippen molar-refractivity contribution in [2.24, 2.45) is 5.92 Å². The number of fused-ring (bicyclic) bond motifs is 2. The number of hydrogen-bond donors (Lipinski definition) is 4. The number of aromatic nitrogens is 1. The topological polar surface area (TPSA) is 105 Å². The Labute approximate surface area is 249 Å². The first-order chi connectivity index (χ1) is 19.9. The molecule has 0 radical (unpaired) electrons. The Bertz CT molecular complexity index is 1350. The number of phenols is 1. The molecule has 4 heterocycles. The Balaban J connectivity index is 1.56. The van der Waals surface area contributed by atoms with Crippen molar-refractivity contribution in [2.75, 3.05) is 37.9 Å². The summed E-state index contributed by atoms with van der Waals surface area (Å²) in [6, 6.07) is 5.70. The highest BCUT2D eigenvalue weighted by molar-refractivity contribution is 8.77. The van der Waals surface area contributed by atoms with Crippen LogP contribution in [0, 0.1) is 5.92 Å². The Hall–Kier alpha value is -2.95. The molecule has 2 bridgehead atoms. The van der Waals surface area contributed by atoms with Gasteiger partial charge < -0.3 is 20.5 Å². The molecule has 0 saturated carbocycles. The van der Waals surface area contributed by atoms with Crippen LogP contribution in [0.5, 0.6) is 11.5 Å². The molecule has 1 aromatic heterocycles.